The number of thioether (sulfide) groups is 1. The average Bonchev–Trinajstić information content (AvgIpc) is 2.67. The van der Waals surface area contributed by atoms with Gasteiger partial charge in [0.2, 0.25) is 0 Å². The SMILES string of the molecule is CC(Cl)c1nnnn1C1CCSCC1. The van der Waals surface area contributed by atoms with Crippen LogP contribution in [0.3, 0.4) is 0 Å². The summed E-state index contributed by atoms with van der Waals surface area (Å²) in [5.74, 6) is 3.19. The van der Waals surface area contributed by atoms with E-state index in [1.54, 1.807) is 0 Å². The summed E-state index contributed by atoms with van der Waals surface area (Å²) in [4.78, 5) is 0. The lowest BCUT2D eigenvalue weighted by molar-refractivity contribution is 0.403. The Balaban J connectivity index is 2.17. The number of halogens is 1. The van der Waals surface area contributed by atoms with Gasteiger partial charge in [-0.3, -0.25) is 0 Å². The Kier molecular flexibility index (Phi) is 3.28. The van der Waals surface area contributed by atoms with Crippen molar-refractivity contribution in [2.24, 2.45) is 0 Å². The van der Waals surface area contributed by atoms with Gasteiger partial charge >= 0.3 is 0 Å². The van der Waals surface area contributed by atoms with Crippen molar-refractivity contribution >= 4 is 23.4 Å². The van der Waals surface area contributed by atoms with Gasteiger partial charge in [0.25, 0.3) is 0 Å². The van der Waals surface area contributed by atoms with E-state index in [-0.39, 0.29) is 5.38 Å². The molecule has 0 aromatic carbocycles. The highest BCUT2D eigenvalue weighted by Gasteiger charge is 2.21. The molecule has 1 aromatic heterocycles. The predicted octanol–water partition coefficient (Wildman–Crippen LogP) is 2.04. The number of alkyl halides is 1. The molecule has 2 rings (SSSR count). The maximum absolute atomic E-state index is 6.00. The first kappa shape index (κ1) is 10.2. The molecule has 0 saturated carbocycles. The van der Waals surface area contributed by atoms with E-state index in [1.807, 2.05) is 23.4 Å². The summed E-state index contributed by atoms with van der Waals surface area (Å²) in [5.41, 5.74) is 0. The van der Waals surface area contributed by atoms with Gasteiger partial charge in [0.15, 0.2) is 5.82 Å². The maximum atomic E-state index is 6.00. The van der Waals surface area contributed by atoms with Crippen LogP contribution in [0, 0.1) is 0 Å². The van der Waals surface area contributed by atoms with Gasteiger partial charge in [0, 0.05) is 0 Å². The minimum atomic E-state index is -0.112. The number of hydrogen-bond acceptors (Lipinski definition) is 4. The molecule has 1 aliphatic heterocycles. The molecule has 1 saturated heterocycles. The molecule has 1 atom stereocenters. The van der Waals surface area contributed by atoms with Crippen molar-refractivity contribution in [2.45, 2.75) is 31.2 Å². The Bertz CT molecular complexity index is 295. The molecule has 1 aromatic rings. The van der Waals surface area contributed by atoms with Crippen LogP contribution in [0.1, 0.15) is 37.0 Å². The molecule has 4 nitrogen and oxygen atoms in total. The fourth-order valence-electron chi connectivity index (χ4n) is 1.65. The van der Waals surface area contributed by atoms with Crippen LogP contribution in [-0.2, 0) is 0 Å². The van der Waals surface area contributed by atoms with Crippen molar-refractivity contribution in [3.63, 3.8) is 0 Å². The van der Waals surface area contributed by atoms with E-state index in [1.165, 1.54) is 11.5 Å². The highest BCUT2D eigenvalue weighted by atomic mass is 35.5. The number of tetrazole rings is 1. The lowest BCUT2D eigenvalue weighted by atomic mass is 10.1. The minimum absolute atomic E-state index is 0.112. The average molecular weight is 233 g/mol. The zero-order valence-electron chi connectivity index (χ0n) is 8.06. The molecule has 0 bridgehead atoms. The number of hydrogen-bond donors (Lipinski definition) is 0. The van der Waals surface area contributed by atoms with Crippen LogP contribution < -0.4 is 0 Å². The zero-order valence-corrected chi connectivity index (χ0v) is 9.63. The molecule has 1 fully saturated rings. The summed E-state index contributed by atoms with van der Waals surface area (Å²) in [6.07, 6.45) is 2.29. The van der Waals surface area contributed by atoms with Crippen molar-refractivity contribution < 1.29 is 0 Å². The topological polar surface area (TPSA) is 43.6 Å². The van der Waals surface area contributed by atoms with Crippen molar-refractivity contribution in [1.82, 2.24) is 20.2 Å². The largest absolute Gasteiger partial charge is 0.225 e. The molecule has 0 radical (unpaired) electrons. The van der Waals surface area contributed by atoms with Crippen LogP contribution in [0.25, 0.3) is 0 Å². The molecule has 78 valence electrons. The molecule has 2 heterocycles. The van der Waals surface area contributed by atoms with E-state index in [9.17, 15) is 0 Å². The molecular formula is C8H13ClN4S. The Morgan fingerprint density at radius 1 is 1.50 bits per heavy atom. The molecular weight excluding hydrogens is 220 g/mol. The van der Waals surface area contributed by atoms with Gasteiger partial charge in [-0.2, -0.15) is 11.8 Å². The molecule has 0 amide bonds. The van der Waals surface area contributed by atoms with Crippen molar-refractivity contribution in [3.8, 4) is 0 Å². The van der Waals surface area contributed by atoms with E-state index in [4.69, 9.17) is 11.6 Å². The van der Waals surface area contributed by atoms with Gasteiger partial charge in [-0.25, -0.2) is 4.68 Å². The van der Waals surface area contributed by atoms with E-state index >= 15 is 0 Å². The Morgan fingerprint density at radius 2 is 2.21 bits per heavy atom. The first-order chi connectivity index (χ1) is 6.79. The monoisotopic (exact) mass is 232 g/mol. The highest BCUT2D eigenvalue weighted by Crippen LogP contribution is 2.29. The van der Waals surface area contributed by atoms with E-state index in [0.717, 1.165) is 18.7 Å². The van der Waals surface area contributed by atoms with Gasteiger partial charge in [-0.05, 0) is 41.7 Å². The van der Waals surface area contributed by atoms with Crippen LogP contribution >= 0.6 is 23.4 Å². The smallest absolute Gasteiger partial charge is 0.169 e. The van der Waals surface area contributed by atoms with E-state index in [2.05, 4.69) is 15.5 Å². The summed E-state index contributed by atoms with van der Waals surface area (Å²) in [6.45, 7) is 1.90. The van der Waals surface area contributed by atoms with Gasteiger partial charge < -0.3 is 0 Å². The molecule has 14 heavy (non-hydrogen) atoms. The summed E-state index contributed by atoms with van der Waals surface area (Å²) >= 11 is 8.00. The Hall–Kier alpha value is -0.290. The molecule has 1 unspecified atom stereocenters. The molecule has 0 N–H and O–H groups in total. The standard InChI is InChI=1S/C8H13ClN4S/c1-6(9)8-10-11-12-13(8)7-2-4-14-5-3-7/h6-7H,2-5H2,1H3. The van der Waals surface area contributed by atoms with Crippen molar-refractivity contribution in [2.75, 3.05) is 11.5 Å². The van der Waals surface area contributed by atoms with Gasteiger partial charge in [-0.1, -0.05) is 0 Å². The van der Waals surface area contributed by atoms with Gasteiger partial charge in [-0.15, -0.1) is 16.7 Å². The van der Waals surface area contributed by atoms with Crippen molar-refractivity contribution in [3.05, 3.63) is 5.82 Å². The second kappa shape index (κ2) is 4.49. The van der Waals surface area contributed by atoms with Gasteiger partial charge in [0.1, 0.15) is 0 Å². The fraction of sp³-hybridized carbons (Fsp3) is 0.875. The summed E-state index contributed by atoms with van der Waals surface area (Å²) < 4.78 is 1.90. The van der Waals surface area contributed by atoms with Crippen molar-refractivity contribution in [1.29, 1.82) is 0 Å². The third-order valence-electron chi connectivity index (χ3n) is 2.41. The van der Waals surface area contributed by atoms with E-state index < -0.39 is 0 Å². The van der Waals surface area contributed by atoms with E-state index in [0.29, 0.717) is 6.04 Å². The number of aromatic nitrogens is 4. The number of rotatable bonds is 2. The van der Waals surface area contributed by atoms with Crippen LogP contribution in [0.15, 0.2) is 0 Å². The summed E-state index contributed by atoms with van der Waals surface area (Å²) in [7, 11) is 0. The first-order valence-electron chi connectivity index (χ1n) is 4.78. The molecule has 0 aliphatic carbocycles. The van der Waals surface area contributed by atoms with Crippen LogP contribution in [0.5, 0.6) is 0 Å². The maximum Gasteiger partial charge on any atom is 0.169 e. The second-order valence-electron chi connectivity index (χ2n) is 3.44. The fourth-order valence-corrected chi connectivity index (χ4v) is 2.88. The minimum Gasteiger partial charge on any atom is -0.225 e. The lowest BCUT2D eigenvalue weighted by Crippen LogP contribution is -2.19. The normalized spacial score (nSPS) is 21.0. The first-order valence-corrected chi connectivity index (χ1v) is 6.37. The highest BCUT2D eigenvalue weighted by molar-refractivity contribution is 7.99. The Labute approximate surface area is 92.4 Å². The molecule has 6 heteroatoms. The van der Waals surface area contributed by atoms with Crippen LogP contribution in [0.2, 0.25) is 0 Å². The van der Waals surface area contributed by atoms with Gasteiger partial charge in [0.05, 0.1) is 11.4 Å². The summed E-state index contributed by atoms with van der Waals surface area (Å²) in [6, 6.07) is 0.447. The van der Waals surface area contributed by atoms with Crippen LogP contribution in [-0.4, -0.2) is 31.7 Å². The number of nitrogens with zero attached hydrogens (tertiary/aromatic N) is 4. The zero-order chi connectivity index (χ0) is 9.97. The molecule has 1 aliphatic rings. The second-order valence-corrected chi connectivity index (χ2v) is 5.32. The predicted molar refractivity (Wildman–Crippen MR) is 57.7 cm³/mol. The third kappa shape index (κ3) is 2.03. The quantitative estimate of drug-likeness (QED) is 0.732. The lowest BCUT2D eigenvalue weighted by Gasteiger charge is -2.22. The summed E-state index contributed by atoms with van der Waals surface area (Å²) in [5, 5.41) is 11.6. The Morgan fingerprint density at radius 3 is 2.86 bits per heavy atom. The molecule has 0 spiro atoms. The third-order valence-corrected chi connectivity index (χ3v) is 3.65. The van der Waals surface area contributed by atoms with Crippen LogP contribution in [0.4, 0.5) is 0 Å².